The van der Waals surface area contributed by atoms with E-state index in [9.17, 15) is 0 Å². The van der Waals surface area contributed by atoms with Crippen molar-refractivity contribution in [2.45, 2.75) is 32.4 Å². The molecule has 1 saturated heterocycles. The van der Waals surface area contributed by atoms with Crippen molar-refractivity contribution in [1.82, 2.24) is 9.97 Å². The molecule has 0 spiro atoms. The maximum absolute atomic E-state index is 5.94. The molecule has 0 aromatic carbocycles. The third-order valence-corrected chi connectivity index (χ3v) is 5.19. The summed E-state index contributed by atoms with van der Waals surface area (Å²) in [5.74, 6) is 1.53. The number of nitrogens with zero attached hydrogens (tertiary/aromatic N) is 3. The first kappa shape index (κ1) is 14.0. The fourth-order valence-electron chi connectivity index (χ4n) is 2.50. The van der Waals surface area contributed by atoms with E-state index in [1.807, 2.05) is 0 Å². The Morgan fingerprint density at radius 1 is 1.50 bits per heavy atom. The molecule has 0 radical (unpaired) electrons. The molecule has 6 heteroatoms. The zero-order chi connectivity index (χ0) is 14.1. The smallest absolute Gasteiger partial charge is 0.141 e. The van der Waals surface area contributed by atoms with E-state index in [2.05, 4.69) is 34.8 Å². The zero-order valence-corrected chi connectivity index (χ0v) is 13.2. The number of alkyl halides is 1. The van der Waals surface area contributed by atoms with Gasteiger partial charge >= 0.3 is 0 Å². The summed E-state index contributed by atoms with van der Waals surface area (Å²) in [5, 5.41) is 1.15. The molecule has 3 rings (SSSR count). The minimum atomic E-state index is 0.0714. The summed E-state index contributed by atoms with van der Waals surface area (Å²) in [4.78, 5) is 13.6. The molecule has 2 unspecified atom stereocenters. The summed E-state index contributed by atoms with van der Waals surface area (Å²) in [6.45, 7) is 5.80. The third-order valence-electron chi connectivity index (χ3n) is 3.66. The predicted octanol–water partition coefficient (Wildman–Crippen LogP) is 3.09. The van der Waals surface area contributed by atoms with E-state index in [4.69, 9.17) is 16.3 Å². The average molecular weight is 312 g/mol. The van der Waals surface area contributed by atoms with E-state index < -0.39 is 0 Å². The second kappa shape index (κ2) is 5.84. The molecule has 0 N–H and O–H groups in total. The maximum Gasteiger partial charge on any atom is 0.141 e. The molecule has 0 bridgehead atoms. The molecule has 2 aromatic rings. The first-order valence-electron chi connectivity index (χ1n) is 6.90. The van der Waals surface area contributed by atoms with Gasteiger partial charge in [-0.3, -0.25) is 0 Å². The topological polar surface area (TPSA) is 38.2 Å². The molecule has 1 aliphatic heterocycles. The molecule has 2 atom stereocenters. The molecule has 20 heavy (non-hydrogen) atoms. The number of fused-ring (bicyclic) bond motifs is 1. The largest absolute Gasteiger partial charge is 0.373 e. The highest BCUT2D eigenvalue weighted by Crippen LogP contribution is 2.32. The Morgan fingerprint density at radius 3 is 3.10 bits per heavy atom. The summed E-state index contributed by atoms with van der Waals surface area (Å²) < 4.78 is 5.72. The lowest BCUT2D eigenvalue weighted by molar-refractivity contribution is 0.0362. The molecule has 0 amide bonds. The number of hydrogen-bond acceptors (Lipinski definition) is 5. The van der Waals surface area contributed by atoms with Crippen LogP contribution in [0, 0.1) is 0 Å². The van der Waals surface area contributed by atoms with Gasteiger partial charge in [0, 0.05) is 11.4 Å². The second-order valence-electron chi connectivity index (χ2n) is 5.09. The molecule has 2 aromatic heterocycles. The molecule has 1 aliphatic rings. The van der Waals surface area contributed by atoms with Gasteiger partial charge in [-0.15, -0.1) is 22.9 Å². The number of ether oxygens (including phenoxy) is 1. The Morgan fingerprint density at radius 2 is 2.35 bits per heavy atom. The van der Waals surface area contributed by atoms with Crippen molar-refractivity contribution in [2.75, 3.05) is 23.9 Å². The lowest BCUT2D eigenvalue weighted by Crippen LogP contribution is -2.49. The molecular formula is C14H18ClN3OS. The summed E-state index contributed by atoms with van der Waals surface area (Å²) in [7, 11) is 0. The van der Waals surface area contributed by atoms with Crippen molar-refractivity contribution in [3.63, 3.8) is 0 Å². The molecule has 0 saturated carbocycles. The number of anilines is 1. The normalized spacial score (nSPS) is 23.4. The van der Waals surface area contributed by atoms with E-state index >= 15 is 0 Å². The van der Waals surface area contributed by atoms with Crippen molar-refractivity contribution in [3.05, 3.63) is 17.3 Å². The van der Waals surface area contributed by atoms with Crippen LogP contribution in [0.4, 0.5) is 5.82 Å². The van der Waals surface area contributed by atoms with Crippen LogP contribution in [-0.4, -0.2) is 41.1 Å². The highest BCUT2D eigenvalue weighted by molar-refractivity contribution is 7.18. The number of aryl methyl sites for hydroxylation is 1. The van der Waals surface area contributed by atoms with E-state index in [1.54, 1.807) is 17.7 Å². The Kier molecular flexibility index (Phi) is 4.10. The molecule has 3 heterocycles. The minimum absolute atomic E-state index is 0.0714. The van der Waals surface area contributed by atoms with Crippen LogP contribution in [0.3, 0.4) is 0 Å². The van der Waals surface area contributed by atoms with E-state index in [0.29, 0.717) is 18.5 Å². The van der Waals surface area contributed by atoms with Gasteiger partial charge in [0.15, 0.2) is 0 Å². The zero-order valence-electron chi connectivity index (χ0n) is 11.7. The van der Waals surface area contributed by atoms with Gasteiger partial charge in [-0.05, 0) is 19.4 Å². The monoisotopic (exact) mass is 311 g/mol. The number of halogens is 1. The van der Waals surface area contributed by atoms with Crippen molar-refractivity contribution >= 4 is 39.0 Å². The molecular weight excluding hydrogens is 294 g/mol. The third kappa shape index (κ3) is 2.50. The van der Waals surface area contributed by atoms with E-state index in [-0.39, 0.29) is 6.10 Å². The van der Waals surface area contributed by atoms with E-state index in [1.165, 1.54) is 4.88 Å². The number of aromatic nitrogens is 2. The Balaban J connectivity index is 2.01. The second-order valence-corrected chi connectivity index (χ2v) is 6.52. The van der Waals surface area contributed by atoms with Crippen molar-refractivity contribution in [3.8, 4) is 0 Å². The minimum Gasteiger partial charge on any atom is -0.373 e. The highest BCUT2D eigenvalue weighted by Gasteiger charge is 2.28. The Bertz CT molecular complexity index is 603. The standard InChI is InChI=1S/C14H18ClN3OS/c1-3-11-4-12-13(16-8-17-14(12)20-11)18-6-10(5-15)19-7-9(18)2/h4,8-10H,3,5-7H2,1-2H3. The van der Waals surface area contributed by atoms with Crippen molar-refractivity contribution in [1.29, 1.82) is 0 Å². The maximum atomic E-state index is 5.94. The van der Waals surface area contributed by atoms with Crippen LogP contribution in [-0.2, 0) is 11.2 Å². The number of rotatable bonds is 3. The number of thiophene rings is 1. The van der Waals surface area contributed by atoms with Gasteiger partial charge in [0.05, 0.1) is 30.0 Å². The first-order valence-corrected chi connectivity index (χ1v) is 8.25. The fourth-order valence-corrected chi connectivity index (χ4v) is 3.62. The molecule has 108 valence electrons. The number of morpholine rings is 1. The van der Waals surface area contributed by atoms with Crippen molar-refractivity contribution < 1.29 is 4.74 Å². The lowest BCUT2D eigenvalue weighted by atomic mass is 10.2. The lowest BCUT2D eigenvalue weighted by Gasteiger charge is -2.38. The van der Waals surface area contributed by atoms with Gasteiger partial charge in [0.2, 0.25) is 0 Å². The van der Waals surface area contributed by atoms with Crippen LogP contribution in [0.25, 0.3) is 10.2 Å². The van der Waals surface area contributed by atoms with Gasteiger partial charge in [-0.2, -0.15) is 0 Å². The molecule has 0 aliphatic carbocycles. The van der Waals surface area contributed by atoms with Gasteiger partial charge < -0.3 is 9.64 Å². The van der Waals surface area contributed by atoms with E-state index in [0.717, 1.165) is 29.0 Å². The summed E-state index contributed by atoms with van der Waals surface area (Å²) in [6.07, 6.45) is 2.76. The Labute approximate surface area is 127 Å². The van der Waals surface area contributed by atoms with Gasteiger partial charge in [0.1, 0.15) is 17.0 Å². The summed E-state index contributed by atoms with van der Waals surface area (Å²) in [5.41, 5.74) is 0. The van der Waals surface area contributed by atoms with Crippen LogP contribution in [0.5, 0.6) is 0 Å². The van der Waals surface area contributed by atoms with Gasteiger partial charge in [0.25, 0.3) is 0 Å². The number of hydrogen-bond donors (Lipinski definition) is 0. The van der Waals surface area contributed by atoms with Crippen LogP contribution in [0.2, 0.25) is 0 Å². The average Bonchev–Trinajstić information content (AvgIpc) is 2.91. The van der Waals surface area contributed by atoms with Crippen LogP contribution < -0.4 is 4.90 Å². The quantitative estimate of drug-likeness (QED) is 0.817. The van der Waals surface area contributed by atoms with Gasteiger partial charge in [-0.25, -0.2) is 9.97 Å². The highest BCUT2D eigenvalue weighted by atomic mass is 35.5. The fraction of sp³-hybridized carbons (Fsp3) is 0.571. The van der Waals surface area contributed by atoms with Crippen LogP contribution in [0.15, 0.2) is 12.4 Å². The molecule has 4 nitrogen and oxygen atoms in total. The van der Waals surface area contributed by atoms with Crippen LogP contribution in [0.1, 0.15) is 18.7 Å². The SMILES string of the molecule is CCc1cc2c(N3CC(CCl)OCC3C)ncnc2s1. The predicted molar refractivity (Wildman–Crippen MR) is 84.1 cm³/mol. The van der Waals surface area contributed by atoms with Gasteiger partial charge in [-0.1, -0.05) is 6.92 Å². The first-order chi connectivity index (χ1) is 9.72. The van der Waals surface area contributed by atoms with Crippen LogP contribution >= 0.6 is 22.9 Å². The molecule has 1 fully saturated rings. The summed E-state index contributed by atoms with van der Waals surface area (Å²) >= 11 is 7.69. The summed E-state index contributed by atoms with van der Waals surface area (Å²) in [6, 6.07) is 2.52. The van der Waals surface area contributed by atoms with Crippen molar-refractivity contribution in [2.24, 2.45) is 0 Å². The Hall–Kier alpha value is -0.910.